The Morgan fingerprint density at radius 2 is 1.71 bits per heavy atom. The number of amides is 1. The third-order valence-corrected chi connectivity index (χ3v) is 5.56. The highest BCUT2D eigenvalue weighted by Crippen LogP contribution is 2.34. The Hall–Kier alpha value is -4.34. The Bertz CT molecular complexity index is 1570. The van der Waals surface area contributed by atoms with Gasteiger partial charge < -0.3 is 18.9 Å². The average molecular weight is 465 g/mol. The van der Waals surface area contributed by atoms with Gasteiger partial charge in [-0.3, -0.25) is 23.5 Å². The lowest BCUT2D eigenvalue weighted by Crippen LogP contribution is -2.39. The zero-order valence-electron chi connectivity index (χ0n) is 19.1. The average Bonchev–Trinajstić information content (AvgIpc) is 3.17. The SMILES string of the molecule is COc1ccc(-c2oc3c(=O)cc(C)oc3c2CC(=O)NCc2cc(=O)n(C)c(=O)n2C)cc1. The molecule has 3 heterocycles. The zero-order chi connectivity index (χ0) is 24.6. The standard InChI is InChI=1S/C24H23N3O7/c1-13-9-18(28)23-22(33-13)17(21(34-23)14-5-7-16(32-4)8-6-14)11-19(29)25-12-15-10-20(30)27(3)24(31)26(15)2/h5-10H,11-12H2,1-4H3,(H,25,29). The number of hydrogen-bond acceptors (Lipinski definition) is 7. The second kappa shape index (κ2) is 8.89. The molecule has 34 heavy (non-hydrogen) atoms. The van der Waals surface area contributed by atoms with Crippen LogP contribution in [0.15, 0.2) is 59.6 Å². The summed E-state index contributed by atoms with van der Waals surface area (Å²) in [5.41, 5.74) is 0.327. The van der Waals surface area contributed by atoms with Gasteiger partial charge >= 0.3 is 5.69 Å². The number of hydrogen-bond donors (Lipinski definition) is 1. The molecule has 10 nitrogen and oxygen atoms in total. The lowest BCUT2D eigenvalue weighted by molar-refractivity contribution is -0.120. The molecule has 0 saturated carbocycles. The summed E-state index contributed by atoms with van der Waals surface area (Å²) in [5, 5.41) is 2.71. The van der Waals surface area contributed by atoms with Crippen LogP contribution in [0.4, 0.5) is 0 Å². The minimum absolute atomic E-state index is 0.0215. The highest BCUT2D eigenvalue weighted by Gasteiger charge is 2.23. The molecule has 4 rings (SSSR count). The van der Waals surface area contributed by atoms with Crippen molar-refractivity contribution in [3.05, 3.63) is 84.5 Å². The Kier molecular flexibility index (Phi) is 5.97. The number of nitrogens with one attached hydrogen (secondary N) is 1. The lowest BCUT2D eigenvalue weighted by atomic mass is 10.1. The van der Waals surface area contributed by atoms with Crippen LogP contribution in [0, 0.1) is 6.92 Å². The first kappa shape index (κ1) is 22.8. The van der Waals surface area contributed by atoms with Crippen LogP contribution in [0.3, 0.4) is 0 Å². The summed E-state index contributed by atoms with van der Waals surface area (Å²) in [6, 6.07) is 9.60. The van der Waals surface area contributed by atoms with Crippen LogP contribution in [0.1, 0.15) is 17.0 Å². The van der Waals surface area contributed by atoms with E-state index in [9.17, 15) is 19.2 Å². The van der Waals surface area contributed by atoms with Crippen molar-refractivity contribution in [2.45, 2.75) is 19.9 Å². The topological polar surface area (TPSA) is 126 Å². The molecular weight excluding hydrogens is 442 g/mol. The number of carbonyl (C=O) groups excluding carboxylic acids is 1. The van der Waals surface area contributed by atoms with Crippen LogP contribution in [-0.4, -0.2) is 22.2 Å². The maximum absolute atomic E-state index is 12.9. The number of methoxy groups -OCH3 is 1. The van der Waals surface area contributed by atoms with Gasteiger partial charge in [0.15, 0.2) is 5.58 Å². The Morgan fingerprint density at radius 1 is 1.00 bits per heavy atom. The third-order valence-electron chi connectivity index (χ3n) is 5.56. The molecule has 0 bridgehead atoms. The van der Waals surface area contributed by atoms with Crippen molar-refractivity contribution in [2.24, 2.45) is 14.1 Å². The van der Waals surface area contributed by atoms with Crippen molar-refractivity contribution in [2.75, 3.05) is 7.11 Å². The largest absolute Gasteiger partial charge is 0.497 e. The molecule has 0 radical (unpaired) electrons. The number of benzene rings is 1. The minimum atomic E-state index is -0.489. The number of furan rings is 1. The zero-order valence-corrected chi connectivity index (χ0v) is 19.1. The monoisotopic (exact) mass is 465 g/mol. The van der Waals surface area contributed by atoms with Gasteiger partial charge in [-0.15, -0.1) is 0 Å². The molecule has 176 valence electrons. The fourth-order valence-electron chi connectivity index (χ4n) is 3.66. The normalized spacial score (nSPS) is 11.1. The van der Waals surface area contributed by atoms with E-state index in [0.717, 1.165) is 4.57 Å². The van der Waals surface area contributed by atoms with Gasteiger partial charge in [0.1, 0.15) is 17.3 Å². The van der Waals surface area contributed by atoms with Crippen molar-refractivity contribution >= 4 is 17.1 Å². The number of ether oxygens (including phenoxy) is 1. The summed E-state index contributed by atoms with van der Waals surface area (Å²) in [6.07, 6.45) is -0.153. The molecule has 10 heteroatoms. The van der Waals surface area contributed by atoms with Crippen molar-refractivity contribution in [1.82, 2.24) is 14.5 Å². The van der Waals surface area contributed by atoms with E-state index in [2.05, 4.69) is 5.32 Å². The van der Waals surface area contributed by atoms with Gasteiger partial charge in [0.05, 0.1) is 25.6 Å². The van der Waals surface area contributed by atoms with Crippen LogP contribution in [0.5, 0.6) is 5.75 Å². The van der Waals surface area contributed by atoms with Crippen LogP contribution in [-0.2, 0) is 31.9 Å². The summed E-state index contributed by atoms with van der Waals surface area (Å²) < 4.78 is 19.1. The molecular formula is C24H23N3O7. The molecule has 1 amide bonds. The smallest absolute Gasteiger partial charge is 0.330 e. The molecule has 0 aliphatic rings. The Morgan fingerprint density at radius 3 is 2.38 bits per heavy atom. The highest BCUT2D eigenvalue weighted by atomic mass is 16.5. The summed E-state index contributed by atoms with van der Waals surface area (Å²) in [6.45, 7) is 1.61. The van der Waals surface area contributed by atoms with Gasteiger partial charge in [-0.1, -0.05) is 0 Å². The highest BCUT2D eigenvalue weighted by molar-refractivity contribution is 5.90. The second-order valence-electron chi connectivity index (χ2n) is 7.85. The van der Waals surface area contributed by atoms with E-state index in [1.165, 1.54) is 30.8 Å². The van der Waals surface area contributed by atoms with Gasteiger partial charge in [-0.05, 0) is 31.2 Å². The molecule has 0 saturated heterocycles. The maximum atomic E-state index is 12.9. The number of nitrogens with zero attached hydrogens (tertiary/aromatic N) is 2. The minimum Gasteiger partial charge on any atom is -0.497 e. The van der Waals surface area contributed by atoms with E-state index in [1.807, 2.05) is 0 Å². The van der Waals surface area contributed by atoms with Crippen LogP contribution >= 0.6 is 0 Å². The molecule has 0 aliphatic carbocycles. The van der Waals surface area contributed by atoms with E-state index < -0.39 is 17.2 Å². The lowest BCUT2D eigenvalue weighted by Gasteiger charge is -2.11. The van der Waals surface area contributed by atoms with Gasteiger partial charge in [0.25, 0.3) is 5.56 Å². The van der Waals surface area contributed by atoms with Gasteiger partial charge in [0.2, 0.25) is 16.9 Å². The van der Waals surface area contributed by atoms with Gasteiger partial charge in [-0.25, -0.2) is 4.79 Å². The Labute approximate surface area is 193 Å². The van der Waals surface area contributed by atoms with Crippen molar-refractivity contribution in [3.8, 4) is 17.1 Å². The third kappa shape index (κ3) is 4.17. The summed E-state index contributed by atoms with van der Waals surface area (Å²) in [7, 11) is 4.45. The first-order chi connectivity index (χ1) is 16.2. The molecule has 3 aromatic heterocycles. The maximum Gasteiger partial charge on any atom is 0.330 e. The van der Waals surface area contributed by atoms with E-state index in [1.54, 1.807) is 38.3 Å². The van der Waals surface area contributed by atoms with Crippen molar-refractivity contribution in [1.29, 1.82) is 0 Å². The number of rotatable bonds is 6. The fraction of sp³-hybridized carbons (Fsp3) is 0.250. The fourth-order valence-corrected chi connectivity index (χ4v) is 3.66. The van der Waals surface area contributed by atoms with Crippen LogP contribution in [0.2, 0.25) is 0 Å². The predicted octanol–water partition coefficient (Wildman–Crippen LogP) is 1.63. The molecule has 0 fully saturated rings. The van der Waals surface area contributed by atoms with E-state index in [0.29, 0.717) is 34.1 Å². The first-order valence-corrected chi connectivity index (χ1v) is 10.4. The predicted molar refractivity (Wildman–Crippen MR) is 124 cm³/mol. The summed E-state index contributed by atoms with van der Waals surface area (Å²) >= 11 is 0. The number of aryl methyl sites for hydroxylation is 1. The van der Waals surface area contributed by atoms with E-state index in [4.69, 9.17) is 13.6 Å². The molecule has 0 aliphatic heterocycles. The summed E-state index contributed by atoms with van der Waals surface area (Å²) in [4.78, 5) is 49.4. The second-order valence-corrected chi connectivity index (χ2v) is 7.85. The van der Waals surface area contributed by atoms with E-state index in [-0.39, 0.29) is 29.6 Å². The molecule has 0 spiro atoms. The molecule has 1 N–H and O–H groups in total. The molecule has 4 aromatic rings. The molecule has 1 aromatic carbocycles. The quantitative estimate of drug-likeness (QED) is 0.459. The van der Waals surface area contributed by atoms with Crippen LogP contribution in [0.25, 0.3) is 22.5 Å². The number of fused-ring (bicyclic) bond motifs is 1. The molecule has 0 unspecified atom stereocenters. The first-order valence-electron chi connectivity index (χ1n) is 10.4. The van der Waals surface area contributed by atoms with E-state index >= 15 is 0 Å². The molecule has 0 atom stereocenters. The summed E-state index contributed by atoms with van der Waals surface area (Å²) in [5.74, 6) is 0.954. The van der Waals surface area contributed by atoms with Crippen LogP contribution < -0.4 is 26.7 Å². The Balaban J connectivity index is 1.69. The van der Waals surface area contributed by atoms with Gasteiger partial charge in [-0.2, -0.15) is 0 Å². The van der Waals surface area contributed by atoms with Gasteiger partial charge in [0, 0.05) is 37.5 Å². The number of carbonyl (C=O) groups is 1. The number of aromatic nitrogens is 2. The van der Waals surface area contributed by atoms with Crippen molar-refractivity contribution in [3.63, 3.8) is 0 Å². The van der Waals surface area contributed by atoms with Crippen molar-refractivity contribution < 1.29 is 18.4 Å².